The minimum absolute atomic E-state index is 0.00895. The molecule has 3 aromatic rings. The van der Waals surface area contributed by atoms with Crippen LogP contribution in [0.15, 0.2) is 36.4 Å². The van der Waals surface area contributed by atoms with Gasteiger partial charge in [0.2, 0.25) is 0 Å². The number of rotatable bonds is 3. The van der Waals surface area contributed by atoms with Crippen LogP contribution in [-0.4, -0.2) is 29.3 Å². The zero-order chi connectivity index (χ0) is 20.8. The smallest absolute Gasteiger partial charge is 0.279 e. The Kier molecular flexibility index (Phi) is 4.61. The zero-order valence-corrected chi connectivity index (χ0v) is 17.9. The average molecular weight is 402 g/mol. The highest BCUT2D eigenvalue weighted by atomic mass is 16.5. The molecule has 0 fully saturated rings. The van der Waals surface area contributed by atoms with E-state index in [1.807, 2.05) is 27.8 Å². The van der Waals surface area contributed by atoms with Crippen molar-refractivity contribution in [2.45, 2.75) is 46.0 Å². The van der Waals surface area contributed by atoms with Crippen LogP contribution in [-0.2, 0) is 19.3 Å². The van der Waals surface area contributed by atoms with Crippen LogP contribution < -0.4 is 9.64 Å². The fraction of sp³-hybridized carbons (Fsp3) is 0.360. The third kappa shape index (κ3) is 2.83. The summed E-state index contributed by atoms with van der Waals surface area (Å²) < 4.78 is 7.65. The highest BCUT2D eigenvalue weighted by molar-refractivity contribution is 6.07. The maximum absolute atomic E-state index is 13.8. The van der Waals surface area contributed by atoms with Crippen molar-refractivity contribution >= 4 is 11.6 Å². The van der Waals surface area contributed by atoms with Crippen molar-refractivity contribution in [1.82, 2.24) is 9.78 Å². The van der Waals surface area contributed by atoms with Crippen molar-refractivity contribution in [1.29, 1.82) is 0 Å². The number of aromatic nitrogens is 2. The van der Waals surface area contributed by atoms with Gasteiger partial charge < -0.3 is 9.64 Å². The summed E-state index contributed by atoms with van der Waals surface area (Å²) in [5, 5.41) is 4.87. The number of ether oxygens (including phenoxy) is 1. The third-order valence-corrected chi connectivity index (χ3v) is 6.50. The fourth-order valence-electron chi connectivity index (χ4n) is 4.96. The molecular formula is C25H27N3O2. The molecule has 0 spiro atoms. The largest absolute Gasteiger partial charge is 0.495 e. The molecule has 0 bridgehead atoms. The molecule has 1 amide bonds. The second-order valence-corrected chi connectivity index (χ2v) is 8.30. The van der Waals surface area contributed by atoms with Crippen molar-refractivity contribution in [3.8, 4) is 11.4 Å². The lowest BCUT2D eigenvalue weighted by Gasteiger charge is -2.31. The highest BCUT2D eigenvalue weighted by Crippen LogP contribution is 2.40. The second-order valence-electron chi connectivity index (χ2n) is 8.30. The van der Waals surface area contributed by atoms with Crippen LogP contribution in [0.5, 0.6) is 5.75 Å². The standard InChI is InChI=1S/C25H27N3O2/c1-16-13-14-22(30-3)24-18(16)10-7-15-27(24)25(29)23-19-9-6-12-21(19)28(26-23)20-11-5-4-8-17(20)2/h4-5,8,11,13-14H,6-7,9-10,12,15H2,1-3H3. The van der Waals surface area contributed by atoms with Crippen LogP contribution in [0.1, 0.15) is 51.3 Å². The monoisotopic (exact) mass is 401 g/mol. The SMILES string of the molecule is COc1ccc(C)c2c1N(C(=O)c1nn(-c3ccccc3C)c3c1CCC3)CCC2. The first-order valence-corrected chi connectivity index (χ1v) is 10.7. The Morgan fingerprint density at radius 3 is 2.57 bits per heavy atom. The van der Waals surface area contributed by atoms with E-state index in [2.05, 4.69) is 32.0 Å². The normalized spacial score (nSPS) is 15.1. The molecule has 2 aliphatic rings. The van der Waals surface area contributed by atoms with Crippen molar-refractivity contribution in [2.24, 2.45) is 0 Å². The van der Waals surface area contributed by atoms with Crippen LogP contribution in [0.3, 0.4) is 0 Å². The number of hydrogen-bond acceptors (Lipinski definition) is 3. The number of nitrogens with zero attached hydrogens (tertiary/aromatic N) is 3. The minimum Gasteiger partial charge on any atom is -0.495 e. The molecule has 2 heterocycles. The van der Waals surface area contributed by atoms with Gasteiger partial charge >= 0.3 is 0 Å². The number of fused-ring (bicyclic) bond motifs is 2. The van der Waals surface area contributed by atoms with Crippen LogP contribution in [0.2, 0.25) is 0 Å². The van der Waals surface area contributed by atoms with E-state index < -0.39 is 0 Å². The molecule has 30 heavy (non-hydrogen) atoms. The second kappa shape index (κ2) is 7.31. The van der Waals surface area contributed by atoms with E-state index in [4.69, 9.17) is 9.84 Å². The van der Waals surface area contributed by atoms with Crippen molar-refractivity contribution in [3.63, 3.8) is 0 Å². The van der Waals surface area contributed by atoms with Gasteiger partial charge in [-0.2, -0.15) is 5.10 Å². The fourth-order valence-corrected chi connectivity index (χ4v) is 4.96. The van der Waals surface area contributed by atoms with E-state index in [1.165, 1.54) is 16.8 Å². The molecule has 5 rings (SSSR count). The predicted octanol–water partition coefficient (Wildman–Crippen LogP) is 4.58. The Bertz CT molecular complexity index is 1150. The number of anilines is 1. The van der Waals surface area contributed by atoms with Gasteiger partial charge in [0, 0.05) is 17.8 Å². The maximum atomic E-state index is 13.8. The molecule has 1 aliphatic heterocycles. The van der Waals surface area contributed by atoms with Gasteiger partial charge in [-0.05, 0) is 74.8 Å². The molecule has 0 saturated carbocycles. The lowest BCUT2D eigenvalue weighted by atomic mass is 9.95. The van der Waals surface area contributed by atoms with E-state index in [0.29, 0.717) is 12.2 Å². The topological polar surface area (TPSA) is 47.4 Å². The molecule has 0 N–H and O–H groups in total. The number of methoxy groups -OCH3 is 1. The molecule has 5 heteroatoms. The van der Waals surface area contributed by atoms with Crippen LogP contribution in [0.4, 0.5) is 5.69 Å². The summed E-state index contributed by atoms with van der Waals surface area (Å²) in [6.07, 6.45) is 4.86. The van der Waals surface area contributed by atoms with Gasteiger partial charge in [0.05, 0.1) is 18.5 Å². The van der Waals surface area contributed by atoms with Gasteiger partial charge in [0.15, 0.2) is 5.69 Å². The van der Waals surface area contributed by atoms with Gasteiger partial charge in [-0.25, -0.2) is 4.68 Å². The average Bonchev–Trinajstić information content (AvgIpc) is 3.37. The highest BCUT2D eigenvalue weighted by Gasteiger charge is 2.34. The Balaban J connectivity index is 1.63. The zero-order valence-electron chi connectivity index (χ0n) is 17.9. The van der Waals surface area contributed by atoms with Crippen LogP contribution >= 0.6 is 0 Å². The van der Waals surface area contributed by atoms with Gasteiger partial charge in [0.25, 0.3) is 5.91 Å². The quantitative estimate of drug-likeness (QED) is 0.645. The Morgan fingerprint density at radius 1 is 0.967 bits per heavy atom. The van der Waals surface area contributed by atoms with Crippen molar-refractivity contribution in [3.05, 3.63) is 70.0 Å². The molecule has 0 unspecified atom stereocenters. The number of benzene rings is 2. The minimum atomic E-state index is -0.00895. The molecule has 1 aromatic heterocycles. The van der Waals surface area contributed by atoms with Gasteiger partial charge in [0.1, 0.15) is 5.75 Å². The lowest BCUT2D eigenvalue weighted by Crippen LogP contribution is -2.37. The first kappa shape index (κ1) is 18.9. The molecule has 154 valence electrons. The number of carbonyl (C=O) groups is 1. The van der Waals surface area contributed by atoms with E-state index in [1.54, 1.807) is 7.11 Å². The Morgan fingerprint density at radius 2 is 1.77 bits per heavy atom. The van der Waals surface area contributed by atoms with E-state index >= 15 is 0 Å². The van der Waals surface area contributed by atoms with Crippen LogP contribution in [0.25, 0.3) is 5.69 Å². The maximum Gasteiger partial charge on any atom is 0.279 e. The molecule has 0 atom stereocenters. The van der Waals surface area contributed by atoms with Crippen molar-refractivity contribution < 1.29 is 9.53 Å². The van der Waals surface area contributed by atoms with E-state index in [0.717, 1.165) is 60.4 Å². The van der Waals surface area contributed by atoms with Gasteiger partial charge in [-0.3, -0.25) is 4.79 Å². The number of aryl methyl sites for hydroxylation is 2. The molecular weight excluding hydrogens is 374 g/mol. The lowest BCUT2D eigenvalue weighted by molar-refractivity contribution is 0.0978. The van der Waals surface area contributed by atoms with E-state index in [9.17, 15) is 4.79 Å². The number of para-hydroxylation sites is 1. The van der Waals surface area contributed by atoms with E-state index in [-0.39, 0.29) is 5.91 Å². The number of hydrogen-bond donors (Lipinski definition) is 0. The molecule has 0 radical (unpaired) electrons. The summed E-state index contributed by atoms with van der Waals surface area (Å²) in [6.45, 7) is 4.89. The first-order chi connectivity index (χ1) is 14.6. The summed E-state index contributed by atoms with van der Waals surface area (Å²) in [7, 11) is 1.67. The number of carbonyl (C=O) groups excluding carboxylic acids is 1. The number of amides is 1. The Hall–Kier alpha value is -3.08. The van der Waals surface area contributed by atoms with Gasteiger partial charge in [-0.1, -0.05) is 24.3 Å². The summed E-state index contributed by atoms with van der Waals surface area (Å²) >= 11 is 0. The molecule has 2 aromatic carbocycles. The summed E-state index contributed by atoms with van der Waals surface area (Å²) in [5.74, 6) is 0.754. The predicted molar refractivity (Wildman–Crippen MR) is 118 cm³/mol. The molecule has 0 saturated heterocycles. The third-order valence-electron chi connectivity index (χ3n) is 6.50. The first-order valence-electron chi connectivity index (χ1n) is 10.7. The molecule has 5 nitrogen and oxygen atoms in total. The van der Waals surface area contributed by atoms with Crippen molar-refractivity contribution in [2.75, 3.05) is 18.6 Å². The van der Waals surface area contributed by atoms with Crippen LogP contribution in [0, 0.1) is 13.8 Å². The molecule has 1 aliphatic carbocycles. The Labute approximate surface area is 177 Å². The van der Waals surface area contributed by atoms with Gasteiger partial charge in [-0.15, -0.1) is 0 Å². The summed E-state index contributed by atoms with van der Waals surface area (Å²) in [5.41, 5.74) is 8.45. The summed E-state index contributed by atoms with van der Waals surface area (Å²) in [6, 6.07) is 12.3. The summed E-state index contributed by atoms with van der Waals surface area (Å²) in [4.78, 5) is 15.7.